The maximum atomic E-state index is 6.26. The van der Waals surface area contributed by atoms with Gasteiger partial charge in [0.2, 0.25) is 0 Å². The van der Waals surface area contributed by atoms with Crippen LogP contribution in [0.15, 0.2) is 377 Å². The summed E-state index contributed by atoms with van der Waals surface area (Å²) in [6, 6.07) is 127. The Morgan fingerprint density at radius 1 is 0.185 bits per heavy atom. The Balaban J connectivity index is 0.000000132. The summed E-state index contributed by atoms with van der Waals surface area (Å²) in [5, 5.41) is 18.8. The molecule has 24 rings (SSSR count). The summed E-state index contributed by atoms with van der Waals surface area (Å²) in [6.45, 7) is 0. The quantitative estimate of drug-likeness (QED) is 0.155. The molecule has 0 aliphatic heterocycles. The van der Waals surface area contributed by atoms with Crippen LogP contribution >= 0.6 is 0 Å². The van der Waals surface area contributed by atoms with Crippen LogP contribution in [0.25, 0.3) is 209 Å². The Labute approximate surface area is 620 Å². The molecule has 2 aliphatic rings. The van der Waals surface area contributed by atoms with E-state index in [2.05, 4.69) is 334 Å². The summed E-state index contributed by atoms with van der Waals surface area (Å²) < 4.78 is 18.7. The van der Waals surface area contributed by atoms with Gasteiger partial charge in [-0.05, 0) is 217 Å². The Morgan fingerprint density at radius 3 is 0.917 bits per heavy atom. The van der Waals surface area contributed by atoms with Crippen molar-refractivity contribution in [1.82, 2.24) is 9.97 Å². The van der Waals surface area contributed by atoms with Gasteiger partial charge in [0.1, 0.15) is 33.5 Å². The normalized spacial score (nSPS) is 12.7. The second-order valence-corrected chi connectivity index (χ2v) is 28.8. The number of fused-ring (bicyclic) bond motifs is 24. The van der Waals surface area contributed by atoms with Gasteiger partial charge < -0.3 is 13.3 Å². The average molecular weight is 1370 g/mol. The van der Waals surface area contributed by atoms with Crippen molar-refractivity contribution in [2.24, 2.45) is 0 Å². The third kappa shape index (κ3) is 8.87. The molecule has 0 saturated carbocycles. The third-order valence-electron chi connectivity index (χ3n) is 23.2. The fraction of sp³-hybridized carbons (Fsp3) is 0.00971. The molecule has 0 unspecified atom stereocenters. The van der Waals surface area contributed by atoms with Crippen LogP contribution in [0.3, 0.4) is 0 Å². The molecule has 0 fully saturated rings. The fourth-order valence-electron chi connectivity index (χ4n) is 18.6. The van der Waals surface area contributed by atoms with E-state index < -0.39 is 0 Å². The highest BCUT2D eigenvalue weighted by Crippen LogP contribution is 2.63. The van der Waals surface area contributed by atoms with Crippen molar-refractivity contribution < 1.29 is 13.3 Å². The second-order valence-electron chi connectivity index (χ2n) is 28.8. The smallest absolute Gasteiger partial charge is 0.136 e. The van der Waals surface area contributed by atoms with Crippen LogP contribution in [0.1, 0.15) is 22.3 Å². The SMILES string of the molecule is c1ccc2c(c1)-c1ccccc1C21c2ccccc2-c2ccc(-c3ccc(-c4c5ccccc5c(-c5ccc6oc7ccccc7c6c5)c5ccccc45)cn3)cc21.c1ccc2cc3c(cc2c1)oc1ccc(-c2ccc(-c4c5ccccc5c(-c5ccc6oc7ccccc7c6c5)c5ccccc45)cn2)cc13. The van der Waals surface area contributed by atoms with E-state index in [1.165, 1.54) is 132 Å². The fourth-order valence-corrected chi connectivity index (χ4v) is 18.6. The highest BCUT2D eigenvalue weighted by molar-refractivity contribution is 6.24. The molecule has 108 heavy (non-hydrogen) atoms. The first kappa shape index (κ1) is 60.2. The van der Waals surface area contributed by atoms with Crippen LogP contribution in [-0.4, -0.2) is 9.97 Å². The lowest BCUT2D eigenvalue weighted by molar-refractivity contribution is 0.668. The van der Waals surface area contributed by atoms with E-state index in [0.717, 1.165) is 99.5 Å². The van der Waals surface area contributed by atoms with Gasteiger partial charge in [-0.15, -0.1) is 0 Å². The molecule has 5 heterocycles. The third-order valence-corrected chi connectivity index (χ3v) is 23.2. The largest absolute Gasteiger partial charge is 0.456 e. The summed E-state index contributed by atoms with van der Waals surface area (Å²) in [7, 11) is 0. The van der Waals surface area contributed by atoms with Gasteiger partial charge in [0.05, 0.1) is 16.8 Å². The molecule has 2 aliphatic carbocycles. The molecule has 5 nitrogen and oxygen atoms in total. The van der Waals surface area contributed by atoms with Gasteiger partial charge >= 0.3 is 0 Å². The Morgan fingerprint density at radius 2 is 0.481 bits per heavy atom. The van der Waals surface area contributed by atoms with E-state index in [0.29, 0.717) is 0 Å². The lowest BCUT2D eigenvalue weighted by Gasteiger charge is -2.30. The molecule has 5 aromatic heterocycles. The Bertz CT molecular complexity index is 7380. The number of benzene rings is 17. The molecule has 17 aromatic carbocycles. The number of pyridine rings is 2. The van der Waals surface area contributed by atoms with Crippen LogP contribution in [0.2, 0.25) is 0 Å². The summed E-state index contributed by atoms with van der Waals surface area (Å²) >= 11 is 0. The predicted molar refractivity (Wildman–Crippen MR) is 447 cm³/mol. The zero-order chi connectivity index (χ0) is 70.7. The average Bonchev–Trinajstić information content (AvgIpc) is 1.51. The minimum atomic E-state index is -0.385. The molecule has 0 atom stereocenters. The monoisotopic (exact) mass is 1370 g/mol. The zero-order valence-corrected chi connectivity index (χ0v) is 58.3. The number of para-hydroxylation sites is 2. The molecule has 0 amide bonds. The first-order chi connectivity index (χ1) is 53.5. The standard InChI is InChI=1S/C56H33NO.C47H27NO2/c1-3-19-44-42(17-1)54(35-27-30-53-46(31-35)41-16-8-12-24-52(41)58-53)43-18-2-4-20-45(43)55(44)36-26-29-51(57-33-36)34-25-28-40-39-15-7-11-23-49(39)56(50(40)32-34)47-21-9-5-13-37(47)38-14-6-10-22-48(38)56;1-2-10-29-26-45-40(23-28(29)9-1)39-24-30(18-21-44(39)50-45)41-20-17-32(27-48-41)47-36-14-5-3-12-34(36)46(35-13-4-6-15-37(35)47)31-19-22-43-38(25-31)33-11-7-8-16-42(33)49-43/h1-33H;1-27H. The molecule has 0 saturated heterocycles. The summed E-state index contributed by atoms with van der Waals surface area (Å²) in [5.74, 6) is 0. The van der Waals surface area contributed by atoms with Crippen molar-refractivity contribution in [2.75, 3.05) is 0 Å². The van der Waals surface area contributed by atoms with E-state index >= 15 is 0 Å². The number of rotatable bonds is 6. The number of hydrogen-bond acceptors (Lipinski definition) is 5. The van der Waals surface area contributed by atoms with Gasteiger partial charge in [0.25, 0.3) is 0 Å². The summed E-state index contributed by atoms with van der Waals surface area (Å²) in [4.78, 5) is 10.3. The van der Waals surface area contributed by atoms with Gasteiger partial charge in [-0.3, -0.25) is 9.97 Å². The molecular formula is C103H60N2O3. The number of furan rings is 3. The second kappa shape index (κ2) is 23.4. The van der Waals surface area contributed by atoms with Gasteiger partial charge in [-0.25, -0.2) is 0 Å². The molecule has 5 heteroatoms. The number of nitrogens with zero attached hydrogens (tertiary/aromatic N) is 2. The first-order valence-electron chi connectivity index (χ1n) is 37.0. The topological polar surface area (TPSA) is 65.2 Å². The predicted octanol–water partition coefficient (Wildman–Crippen LogP) is 28.0. The Hall–Kier alpha value is -14.3. The molecule has 22 aromatic rings. The maximum absolute atomic E-state index is 6.26. The lowest BCUT2D eigenvalue weighted by atomic mass is 9.70. The highest BCUT2D eigenvalue weighted by Gasteiger charge is 2.51. The number of aromatic nitrogens is 2. The lowest BCUT2D eigenvalue weighted by Crippen LogP contribution is -2.25. The zero-order valence-electron chi connectivity index (χ0n) is 58.3. The minimum absolute atomic E-state index is 0.385. The van der Waals surface area contributed by atoms with Crippen molar-refractivity contribution in [2.45, 2.75) is 5.41 Å². The van der Waals surface area contributed by atoms with E-state index in [-0.39, 0.29) is 5.41 Å². The van der Waals surface area contributed by atoms with Crippen molar-refractivity contribution in [3.8, 4) is 89.3 Å². The van der Waals surface area contributed by atoms with Crippen LogP contribution in [0.5, 0.6) is 0 Å². The van der Waals surface area contributed by atoms with Crippen molar-refractivity contribution in [3.05, 3.63) is 386 Å². The van der Waals surface area contributed by atoms with Gasteiger partial charge in [0.15, 0.2) is 0 Å². The van der Waals surface area contributed by atoms with Crippen molar-refractivity contribution in [3.63, 3.8) is 0 Å². The summed E-state index contributed by atoms with van der Waals surface area (Å²) in [5.41, 5.74) is 29.1. The molecule has 1 spiro atoms. The van der Waals surface area contributed by atoms with Crippen molar-refractivity contribution >= 4 is 120 Å². The van der Waals surface area contributed by atoms with Gasteiger partial charge in [0, 0.05) is 67.0 Å². The van der Waals surface area contributed by atoms with Gasteiger partial charge in [-0.1, -0.05) is 267 Å². The van der Waals surface area contributed by atoms with Gasteiger partial charge in [-0.2, -0.15) is 0 Å². The van der Waals surface area contributed by atoms with Crippen LogP contribution in [0.4, 0.5) is 0 Å². The Kier molecular flexibility index (Phi) is 13.0. The molecule has 0 bridgehead atoms. The highest BCUT2D eigenvalue weighted by atomic mass is 16.3. The van der Waals surface area contributed by atoms with Crippen molar-refractivity contribution in [1.29, 1.82) is 0 Å². The molecular weight excluding hydrogens is 1310 g/mol. The van der Waals surface area contributed by atoms with Crippen LogP contribution < -0.4 is 0 Å². The minimum Gasteiger partial charge on any atom is -0.456 e. The number of hydrogen-bond donors (Lipinski definition) is 0. The van der Waals surface area contributed by atoms with E-state index in [9.17, 15) is 0 Å². The molecule has 0 N–H and O–H groups in total. The van der Waals surface area contributed by atoms with Crippen LogP contribution in [-0.2, 0) is 5.41 Å². The molecule has 500 valence electrons. The van der Waals surface area contributed by atoms with E-state index in [1.54, 1.807) is 0 Å². The maximum Gasteiger partial charge on any atom is 0.136 e. The first-order valence-corrected chi connectivity index (χ1v) is 37.0. The molecule has 0 radical (unpaired) electrons. The summed E-state index contributed by atoms with van der Waals surface area (Å²) in [6.07, 6.45) is 4.10. The van der Waals surface area contributed by atoms with Crippen LogP contribution in [0, 0.1) is 0 Å². The van der Waals surface area contributed by atoms with E-state index in [4.69, 9.17) is 23.2 Å². The van der Waals surface area contributed by atoms with E-state index in [1.807, 2.05) is 30.5 Å².